The lowest BCUT2D eigenvalue weighted by atomic mass is 10.2. The standard InChI is InChI=1S/C17H14BrClN6O/c18-12-3-1-2-4-13(12)23-15-14(20)16(22-9-21-15)24-25-17(26)10-5-7-11(19)8-6-10/h1-9H,20H2,(H,25,26)(H2,21,22,23,24). The number of hydrogen-bond acceptors (Lipinski definition) is 6. The molecular weight excluding hydrogens is 420 g/mol. The Morgan fingerprint density at radius 2 is 1.73 bits per heavy atom. The van der Waals surface area contributed by atoms with Gasteiger partial charge in [0.2, 0.25) is 0 Å². The zero-order valence-corrected chi connectivity index (χ0v) is 15.7. The summed E-state index contributed by atoms with van der Waals surface area (Å²) < 4.78 is 0.864. The molecule has 26 heavy (non-hydrogen) atoms. The Kier molecular flexibility index (Phi) is 5.55. The van der Waals surface area contributed by atoms with Crippen molar-refractivity contribution in [3.8, 4) is 0 Å². The number of para-hydroxylation sites is 1. The van der Waals surface area contributed by atoms with E-state index in [1.54, 1.807) is 24.3 Å². The zero-order valence-electron chi connectivity index (χ0n) is 13.3. The minimum atomic E-state index is -0.347. The number of hydrazine groups is 1. The monoisotopic (exact) mass is 432 g/mol. The van der Waals surface area contributed by atoms with Gasteiger partial charge in [0.05, 0.1) is 5.69 Å². The van der Waals surface area contributed by atoms with Gasteiger partial charge in [-0.05, 0) is 52.3 Å². The molecule has 0 aliphatic carbocycles. The van der Waals surface area contributed by atoms with Gasteiger partial charge in [0.15, 0.2) is 11.6 Å². The molecule has 0 fully saturated rings. The van der Waals surface area contributed by atoms with Crippen LogP contribution in [0.15, 0.2) is 59.3 Å². The number of nitrogens with one attached hydrogen (secondary N) is 3. The van der Waals surface area contributed by atoms with Crippen LogP contribution in [0.3, 0.4) is 0 Å². The van der Waals surface area contributed by atoms with Crippen LogP contribution in [-0.2, 0) is 0 Å². The molecule has 0 atom stereocenters. The van der Waals surface area contributed by atoms with Crippen molar-refractivity contribution in [2.75, 3.05) is 16.5 Å². The Bertz CT molecular complexity index is 935. The van der Waals surface area contributed by atoms with E-state index in [1.165, 1.54) is 6.33 Å². The van der Waals surface area contributed by atoms with Crippen molar-refractivity contribution in [3.05, 3.63) is 69.9 Å². The van der Waals surface area contributed by atoms with Crippen LogP contribution in [0.5, 0.6) is 0 Å². The highest BCUT2D eigenvalue weighted by Crippen LogP contribution is 2.29. The van der Waals surface area contributed by atoms with Crippen LogP contribution < -0.4 is 21.9 Å². The smallest absolute Gasteiger partial charge is 0.269 e. The summed E-state index contributed by atoms with van der Waals surface area (Å²) in [6.07, 6.45) is 1.34. The lowest BCUT2D eigenvalue weighted by Gasteiger charge is -2.14. The molecule has 0 spiro atoms. The summed E-state index contributed by atoms with van der Waals surface area (Å²) in [6, 6.07) is 14.1. The summed E-state index contributed by atoms with van der Waals surface area (Å²) in [5, 5.41) is 3.67. The van der Waals surface area contributed by atoms with Gasteiger partial charge in [0.1, 0.15) is 12.0 Å². The molecule has 0 aliphatic heterocycles. The van der Waals surface area contributed by atoms with Crippen LogP contribution in [-0.4, -0.2) is 15.9 Å². The summed E-state index contributed by atoms with van der Waals surface area (Å²) in [4.78, 5) is 20.3. The van der Waals surface area contributed by atoms with Gasteiger partial charge < -0.3 is 11.1 Å². The molecule has 1 heterocycles. The minimum absolute atomic E-state index is 0.264. The van der Waals surface area contributed by atoms with Crippen LogP contribution in [0, 0.1) is 0 Å². The molecule has 3 aromatic rings. The van der Waals surface area contributed by atoms with E-state index in [1.807, 2.05) is 24.3 Å². The van der Waals surface area contributed by atoms with Crippen molar-refractivity contribution in [2.45, 2.75) is 0 Å². The van der Waals surface area contributed by atoms with Gasteiger partial charge in [-0.15, -0.1) is 0 Å². The van der Waals surface area contributed by atoms with E-state index in [4.69, 9.17) is 17.3 Å². The Morgan fingerprint density at radius 3 is 2.46 bits per heavy atom. The van der Waals surface area contributed by atoms with E-state index in [9.17, 15) is 4.79 Å². The molecule has 0 bridgehead atoms. The normalized spacial score (nSPS) is 10.2. The third-order valence-electron chi connectivity index (χ3n) is 3.41. The van der Waals surface area contributed by atoms with Crippen molar-refractivity contribution < 1.29 is 4.79 Å². The summed E-state index contributed by atoms with van der Waals surface area (Å²) in [7, 11) is 0. The summed E-state index contributed by atoms with van der Waals surface area (Å²) in [5.41, 5.74) is 12.8. The molecule has 3 rings (SSSR count). The lowest BCUT2D eigenvalue weighted by Crippen LogP contribution is -2.30. The second kappa shape index (κ2) is 8.03. The number of rotatable bonds is 5. The van der Waals surface area contributed by atoms with Gasteiger partial charge in [-0.25, -0.2) is 9.97 Å². The van der Waals surface area contributed by atoms with Gasteiger partial charge >= 0.3 is 0 Å². The Hall–Kier alpha value is -2.84. The average Bonchev–Trinajstić information content (AvgIpc) is 2.64. The van der Waals surface area contributed by atoms with Crippen molar-refractivity contribution in [1.82, 2.24) is 15.4 Å². The number of hydrogen-bond donors (Lipinski definition) is 4. The number of nitrogens with two attached hydrogens (primary N) is 1. The fraction of sp³-hybridized carbons (Fsp3) is 0. The largest absolute Gasteiger partial charge is 0.393 e. The van der Waals surface area contributed by atoms with Crippen molar-refractivity contribution >= 4 is 56.4 Å². The number of anilines is 4. The Morgan fingerprint density at radius 1 is 1.04 bits per heavy atom. The van der Waals surface area contributed by atoms with Crippen molar-refractivity contribution in [1.29, 1.82) is 0 Å². The number of aromatic nitrogens is 2. The van der Waals surface area contributed by atoms with Gasteiger partial charge in [0, 0.05) is 15.1 Å². The molecule has 1 amide bonds. The molecule has 7 nitrogen and oxygen atoms in total. The van der Waals surface area contributed by atoms with Crippen LogP contribution in [0.1, 0.15) is 10.4 Å². The summed E-state index contributed by atoms with van der Waals surface area (Å²) in [5.74, 6) is 0.340. The molecule has 9 heteroatoms. The number of benzene rings is 2. The molecule has 132 valence electrons. The highest BCUT2D eigenvalue weighted by atomic mass is 79.9. The van der Waals surface area contributed by atoms with E-state index in [2.05, 4.69) is 42.1 Å². The fourth-order valence-electron chi connectivity index (χ4n) is 2.07. The first kappa shape index (κ1) is 18.0. The molecule has 0 unspecified atom stereocenters. The predicted molar refractivity (Wildman–Crippen MR) is 106 cm³/mol. The van der Waals surface area contributed by atoms with Gasteiger partial charge in [-0.2, -0.15) is 0 Å². The minimum Gasteiger partial charge on any atom is -0.393 e. The SMILES string of the molecule is Nc1c(NNC(=O)c2ccc(Cl)cc2)ncnc1Nc1ccccc1Br. The van der Waals surface area contributed by atoms with Crippen molar-refractivity contribution in [3.63, 3.8) is 0 Å². The maximum absolute atomic E-state index is 12.1. The second-order valence-corrected chi connectivity index (χ2v) is 6.47. The molecule has 1 aromatic heterocycles. The number of halogens is 2. The van der Waals surface area contributed by atoms with E-state index in [-0.39, 0.29) is 17.4 Å². The third-order valence-corrected chi connectivity index (χ3v) is 4.36. The van der Waals surface area contributed by atoms with Gasteiger partial charge in [-0.3, -0.25) is 15.6 Å². The number of carbonyl (C=O) groups is 1. The molecule has 0 aliphatic rings. The molecule has 0 saturated heterocycles. The molecule has 0 saturated carbocycles. The fourth-order valence-corrected chi connectivity index (χ4v) is 2.58. The predicted octanol–water partition coefficient (Wildman–Crippen LogP) is 3.98. The maximum Gasteiger partial charge on any atom is 0.269 e. The van der Waals surface area contributed by atoms with Crippen LogP contribution in [0.4, 0.5) is 23.0 Å². The number of nitrogens with zero attached hydrogens (tertiary/aromatic N) is 2. The lowest BCUT2D eigenvalue weighted by molar-refractivity contribution is 0.0962. The average molecular weight is 434 g/mol. The van der Waals surface area contributed by atoms with E-state index in [0.717, 1.165) is 10.2 Å². The first-order valence-corrected chi connectivity index (χ1v) is 8.65. The molecule has 2 aromatic carbocycles. The summed E-state index contributed by atoms with van der Waals surface area (Å²) in [6.45, 7) is 0. The topological polar surface area (TPSA) is 105 Å². The van der Waals surface area contributed by atoms with E-state index < -0.39 is 0 Å². The Labute approximate surface area is 163 Å². The first-order chi connectivity index (χ1) is 12.5. The second-order valence-electron chi connectivity index (χ2n) is 5.18. The molecule has 5 N–H and O–H groups in total. The molecular formula is C17H14BrClN6O. The first-order valence-electron chi connectivity index (χ1n) is 7.48. The maximum atomic E-state index is 12.1. The Balaban J connectivity index is 1.72. The van der Waals surface area contributed by atoms with Crippen molar-refractivity contribution in [2.24, 2.45) is 0 Å². The van der Waals surface area contributed by atoms with E-state index >= 15 is 0 Å². The number of nitrogen functional groups attached to an aromatic ring is 1. The van der Waals surface area contributed by atoms with Crippen LogP contribution in [0.2, 0.25) is 5.02 Å². The third kappa shape index (κ3) is 4.22. The number of carbonyl (C=O) groups excluding carboxylic acids is 1. The van der Waals surface area contributed by atoms with Gasteiger partial charge in [-0.1, -0.05) is 23.7 Å². The zero-order chi connectivity index (χ0) is 18.5. The highest BCUT2D eigenvalue weighted by molar-refractivity contribution is 9.10. The molecule has 0 radical (unpaired) electrons. The summed E-state index contributed by atoms with van der Waals surface area (Å²) >= 11 is 9.26. The van der Waals surface area contributed by atoms with Crippen LogP contribution >= 0.6 is 27.5 Å². The van der Waals surface area contributed by atoms with Crippen LogP contribution in [0.25, 0.3) is 0 Å². The quantitative estimate of drug-likeness (QED) is 0.454. The van der Waals surface area contributed by atoms with E-state index in [0.29, 0.717) is 16.4 Å². The highest BCUT2D eigenvalue weighted by Gasteiger charge is 2.11. The number of amides is 1. The van der Waals surface area contributed by atoms with Gasteiger partial charge in [0.25, 0.3) is 5.91 Å².